The summed E-state index contributed by atoms with van der Waals surface area (Å²) in [6.45, 7) is 12.3. The number of hydrazone groups is 1. The molecular weight excluding hydrogens is 390 g/mol. The van der Waals surface area contributed by atoms with Crippen LogP contribution in [0.4, 0.5) is 0 Å². The Morgan fingerprint density at radius 3 is 2.23 bits per heavy atom. The monoisotopic (exact) mass is 419 g/mol. The van der Waals surface area contributed by atoms with E-state index in [0.717, 1.165) is 27.5 Å². The van der Waals surface area contributed by atoms with Crippen LogP contribution in [0.2, 0.25) is 0 Å². The van der Waals surface area contributed by atoms with Crippen LogP contribution in [0, 0.1) is 34.6 Å². The molecule has 4 nitrogen and oxygen atoms in total. The first-order chi connectivity index (χ1) is 14.2. The molecule has 0 fully saturated rings. The Kier molecular flexibility index (Phi) is 6.83. The number of carbonyl (C=O) groups is 1. The number of hydrogen-bond acceptors (Lipinski definition) is 3. The number of rotatable bonds is 6. The SMILES string of the molecule is Cc1ccc(S[C@@H](C)C(=O)N/N=C\c2cc(C)n(-c3cc(C)cc(C)c3)c2C)cc1. The van der Waals surface area contributed by atoms with Crippen LogP contribution in [0.1, 0.15) is 40.6 Å². The lowest BCUT2D eigenvalue weighted by Crippen LogP contribution is -2.26. The van der Waals surface area contributed by atoms with E-state index in [-0.39, 0.29) is 11.2 Å². The molecule has 0 aliphatic heterocycles. The highest BCUT2D eigenvalue weighted by molar-refractivity contribution is 8.00. The molecule has 1 amide bonds. The molecule has 0 spiro atoms. The lowest BCUT2D eigenvalue weighted by atomic mass is 10.1. The van der Waals surface area contributed by atoms with Gasteiger partial charge in [-0.1, -0.05) is 23.8 Å². The second kappa shape index (κ2) is 9.35. The number of amides is 1. The van der Waals surface area contributed by atoms with Crippen molar-refractivity contribution >= 4 is 23.9 Å². The summed E-state index contributed by atoms with van der Waals surface area (Å²) >= 11 is 1.53. The van der Waals surface area contributed by atoms with E-state index in [2.05, 4.69) is 86.1 Å². The third kappa shape index (κ3) is 5.22. The fourth-order valence-corrected chi connectivity index (χ4v) is 4.39. The maximum Gasteiger partial charge on any atom is 0.253 e. The van der Waals surface area contributed by atoms with Crippen LogP contribution in [0.5, 0.6) is 0 Å². The summed E-state index contributed by atoms with van der Waals surface area (Å²) in [6, 6.07) is 16.8. The molecule has 3 rings (SSSR count). The van der Waals surface area contributed by atoms with Gasteiger partial charge in [0.15, 0.2) is 0 Å². The average Bonchev–Trinajstić information content (AvgIpc) is 2.96. The molecule has 5 heteroatoms. The van der Waals surface area contributed by atoms with E-state index in [1.807, 2.05) is 19.1 Å². The van der Waals surface area contributed by atoms with Crippen molar-refractivity contribution in [3.05, 3.63) is 82.2 Å². The second-order valence-corrected chi connectivity index (χ2v) is 9.23. The molecule has 3 aromatic rings. The third-order valence-electron chi connectivity index (χ3n) is 5.02. The zero-order chi connectivity index (χ0) is 21.8. The van der Waals surface area contributed by atoms with Gasteiger partial charge in [0.25, 0.3) is 5.91 Å². The molecule has 1 aromatic heterocycles. The van der Waals surface area contributed by atoms with E-state index in [9.17, 15) is 4.79 Å². The number of aryl methyl sites for hydroxylation is 4. The molecule has 0 aliphatic carbocycles. The van der Waals surface area contributed by atoms with Crippen LogP contribution in [-0.2, 0) is 4.79 Å². The van der Waals surface area contributed by atoms with Crippen molar-refractivity contribution in [2.75, 3.05) is 0 Å². The zero-order valence-electron chi connectivity index (χ0n) is 18.5. The molecule has 0 saturated carbocycles. The van der Waals surface area contributed by atoms with Gasteiger partial charge in [0.2, 0.25) is 0 Å². The first kappa shape index (κ1) is 21.9. The highest BCUT2D eigenvalue weighted by Crippen LogP contribution is 2.24. The first-order valence-electron chi connectivity index (χ1n) is 10.1. The molecule has 1 N–H and O–H groups in total. The van der Waals surface area contributed by atoms with Crippen molar-refractivity contribution in [3.8, 4) is 5.69 Å². The molecule has 2 aromatic carbocycles. The van der Waals surface area contributed by atoms with Gasteiger partial charge in [-0.15, -0.1) is 11.8 Å². The summed E-state index contributed by atoms with van der Waals surface area (Å²) in [4.78, 5) is 13.5. The Labute approximate surface area is 183 Å². The normalized spacial score (nSPS) is 12.3. The summed E-state index contributed by atoms with van der Waals surface area (Å²) in [6.07, 6.45) is 1.72. The van der Waals surface area contributed by atoms with Crippen molar-refractivity contribution < 1.29 is 4.79 Å². The number of benzene rings is 2. The van der Waals surface area contributed by atoms with Gasteiger partial charge < -0.3 is 4.57 Å². The molecule has 0 saturated heterocycles. The molecule has 156 valence electrons. The van der Waals surface area contributed by atoms with Crippen LogP contribution in [0.25, 0.3) is 5.69 Å². The minimum Gasteiger partial charge on any atom is -0.318 e. The van der Waals surface area contributed by atoms with Crippen LogP contribution in [0.15, 0.2) is 58.5 Å². The van der Waals surface area contributed by atoms with Gasteiger partial charge in [0.1, 0.15) is 0 Å². The summed E-state index contributed by atoms with van der Waals surface area (Å²) in [5, 5.41) is 3.98. The quantitative estimate of drug-likeness (QED) is 0.319. The van der Waals surface area contributed by atoms with Gasteiger partial charge >= 0.3 is 0 Å². The van der Waals surface area contributed by atoms with E-state index in [1.165, 1.54) is 28.5 Å². The van der Waals surface area contributed by atoms with Gasteiger partial charge in [0.05, 0.1) is 11.5 Å². The number of nitrogens with zero attached hydrogens (tertiary/aromatic N) is 2. The summed E-state index contributed by atoms with van der Waals surface area (Å²) in [5.74, 6) is -0.111. The van der Waals surface area contributed by atoms with E-state index in [1.54, 1.807) is 6.21 Å². The molecule has 0 bridgehead atoms. The van der Waals surface area contributed by atoms with Gasteiger partial charge in [-0.05, 0) is 83.0 Å². The molecular formula is C25H29N3OS. The lowest BCUT2D eigenvalue weighted by molar-refractivity contribution is -0.120. The van der Waals surface area contributed by atoms with Crippen molar-refractivity contribution in [1.29, 1.82) is 0 Å². The van der Waals surface area contributed by atoms with E-state index >= 15 is 0 Å². The molecule has 0 radical (unpaired) electrons. The Bertz CT molecular complexity index is 1060. The number of nitrogens with one attached hydrogen (secondary N) is 1. The fourth-order valence-electron chi connectivity index (χ4n) is 3.53. The van der Waals surface area contributed by atoms with Crippen LogP contribution < -0.4 is 5.43 Å². The van der Waals surface area contributed by atoms with Crippen molar-refractivity contribution in [2.24, 2.45) is 5.10 Å². The maximum absolute atomic E-state index is 12.4. The number of hydrogen-bond donors (Lipinski definition) is 1. The standard InChI is InChI=1S/C25H29N3OS/c1-16-7-9-24(10-8-16)30-21(6)25(29)27-26-15-22-14-19(4)28(20(22)5)23-12-17(2)11-18(3)13-23/h7-15,21H,1-6H3,(H,27,29)/b26-15-/t21-/m0/s1. The van der Waals surface area contributed by atoms with Gasteiger partial charge in [-0.25, -0.2) is 5.43 Å². The fraction of sp³-hybridized carbons (Fsp3) is 0.280. The van der Waals surface area contributed by atoms with Crippen LogP contribution in [-0.4, -0.2) is 21.9 Å². The Balaban J connectivity index is 1.69. The number of carbonyl (C=O) groups excluding carboxylic acids is 1. The number of aromatic nitrogens is 1. The maximum atomic E-state index is 12.4. The smallest absolute Gasteiger partial charge is 0.253 e. The van der Waals surface area contributed by atoms with Crippen LogP contribution >= 0.6 is 11.8 Å². The highest BCUT2D eigenvalue weighted by Gasteiger charge is 2.14. The highest BCUT2D eigenvalue weighted by atomic mass is 32.2. The molecule has 1 heterocycles. The first-order valence-corrected chi connectivity index (χ1v) is 11.0. The van der Waals surface area contributed by atoms with Crippen molar-refractivity contribution in [1.82, 2.24) is 9.99 Å². The predicted molar refractivity (Wildman–Crippen MR) is 127 cm³/mol. The lowest BCUT2D eigenvalue weighted by Gasteiger charge is -2.12. The van der Waals surface area contributed by atoms with Crippen molar-refractivity contribution in [2.45, 2.75) is 51.7 Å². The van der Waals surface area contributed by atoms with Crippen LogP contribution in [0.3, 0.4) is 0 Å². The molecule has 0 unspecified atom stereocenters. The number of thioether (sulfide) groups is 1. The Morgan fingerprint density at radius 1 is 0.967 bits per heavy atom. The zero-order valence-corrected chi connectivity index (χ0v) is 19.3. The summed E-state index contributed by atoms with van der Waals surface area (Å²) in [7, 11) is 0. The third-order valence-corrected chi connectivity index (χ3v) is 6.13. The Hall–Kier alpha value is -2.79. The summed E-state index contributed by atoms with van der Waals surface area (Å²) in [5.41, 5.74) is 10.7. The van der Waals surface area contributed by atoms with E-state index < -0.39 is 0 Å². The minimum atomic E-state index is -0.229. The molecule has 0 aliphatic rings. The minimum absolute atomic E-state index is 0.111. The Morgan fingerprint density at radius 2 is 1.60 bits per heavy atom. The van der Waals surface area contributed by atoms with Gasteiger partial charge in [0, 0.05) is 27.5 Å². The predicted octanol–water partition coefficient (Wildman–Crippen LogP) is 5.65. The molecule has 30 heavy (non-hydrogen) atoms. The van der Waals surface area contributed by atoms with Gasteiger partial charge in [-0.3, -0.25) is 4.79 Å². The van der Waals surface area contributed by atoms with Gasteiger partial charge in [-0.2, -0.15) is 5.10 Å². The van der Waals surface area contributed by atoms with E-state index in [4.69, 9.17) is 0 Å². The molecule has 1 atom stereocenters. The van der Waals surface area contributed by atoms with E-state index in [0.29, 0.717) is 0 Å². The topological polar surface area (TPSA) is 46.4 Å². The largest absolute Gasteiger partial charge is 0.318 e. The average molecular weight is 420 g/mol. The second-order valence-electron chi connectivity index (χ2n) is 7.82. The summed E-state index contributed by atoms with van der Waals surface area (Å²) < 4.78 is 2.22. The van der Waals surface area contributed by atoms with Crippen molar-refractivity contribution in [3.63, 3.8) is 0 Å².